The Balaban J connectivity index is 1.18. The molecule has 9 rings (SSSR count). The number of ether oxygens (including phenoxy) is 1. The predicted octanol–water partition coefficient (Wildman–Crippen LogP) is 10.2. The average Bonchev–Trinajstić information content (AvgIpc) is 3.60. The Morgan fingerprint density at radius 1 is 0.447 bits per heavy atom. The van der Waals surface area contributed by atoms with E-state index in [0.717, 1.165) is 60.8 Å². The molecule has 8 aromatic rings. The Hall–Kier alpha value is -6.33. The molecule has 1 aliphatic rings. The van der Waals surface area contributed by atoms with Crippen LogP contribution in [0.3, 0.4) is 0 Å². The highest BCUT2D eigenvalue weighted by Crippen LogP contribution is 2.47. The van der Waals surface area contributed by atoms with Crippen LogP contribution in [-0.2, 0) is 0 Å². The maximum Gasteiger partial charge on any atom is 0.289 e. The molecule has 2 heterocycles. The molecular weight excluding hydrogens is 576 g/mol. The lowest BCUT2D eigenvalue weighted by atomic mass is 9.98. The molecule has 7 aromatic carbocycles. The van der Waals surface area contributed by atoms with Crippen molar-refractivity contribution in [2.24, 2.45) is 0 Å². The summed E-state index contributed by atoms with van der Waals surface area (Å²) >= 11 is 0. The van der Waals surface area contributed by atoms with Gasteiger partial charge in [-0.15, -0.1) is 0 Å². The van der Waals surface area contributed by atoms with Gasteiger partial charge >= 0.3 is 0 Å². The number of anilines is 1. The molecule has 0 aliphatic carbocycles. The van der Waals surface area contributed by atoms with Crippen LogP contribution in [0.25, 0.3) is 66.8 Å². The Kier molecular flexibility index (Phi) is 6.46. The fourth-order valence-corrected chi connectivity index (χ4v) is 6.41. The third-order valence-electron chi connectivity index (χ3n) is 8.82. The van der Waals surface area contributed by atoms with Gasteiger partial charge in [0.05, 0.1) is 10.9 Å². The lowest BCUT2D eigenvalue weighted by molar-refractivity contribution is 0.0234. The van der Waals surface area contributed by atoms with Gasteiger partial charge in [0, 0.05) is 16.7 Å². The minimum atomic E-state index is -0.122. The second-order valence-corrected chi connectivity index (χ2v) is 11.8. The zero-order chi connectivity index (χ0) is 31.2. The molecule has 1 aromatic heterocycles. The summed E-state index contributed by atoms with van der Waals surface area (Å²) in [6, 6.07) is 54.4. The minimum Gasteiger partial charge on any atom is -0.560 e. The van der Waals surface area contributed by atoms with E-state index in [2.05, 4.69) is 121 Å². The summed E-state index contributed by atoms with van der Waals surface area (Å²) in [5, 5.41) is 8.15. The second kappa shape index (κ2) is 11.2. The van der Waals surface area contributed by atoms with Crippen LogP contribution in [-0.4, -0.2) is 19.7 Å². The zero-order valence-electron chi connectivity index (χ0n) is 25.4. The van der Waals surface area contributed by atoms with Crippen LogP contribution in [0.4, 0.5) is 5.69 Å². The lowest BCUT2D eigenvalue weighted by Crippen LogP contribution is -2.07. The molecule has 0 fully saturated rings. The highest BCUT2D eigenvalue weighted by Gasteiger charge is 2.31. The molecule has 1 aliphatic heterocycles. The quantitative estimate of drug-likeness (QED) is 0.120. The number of nitrogens with one attached hydrogen (secondary N) is 1. The molecule has 0 radical (unpaired) electrons. The van der Waals surface area contributed by atoms with Crippen molar-refractivity contribution in [3.05, 3.63) is 163 Å². The molecule has 47 heavy (non-hydrogen) atoms. The van der Waals surface area contributed by atoms with E-state index in [9.17, 15) is 0 Å². The van der Waals surface area contributed by atoms with Crippen LogP contribution >= 0.6 is 0 Å². The molecule has 5 heteroatoms. The van der Waals surface area contributed by atoms with Crippen molar-refractivity contribution in [1.29, 1.82) is 0 Å². The van der Waals surface area contributed by atoms with Gasteiger partial charge in [0.1, 0.15) is 5.69 Å². The summed E-state index contributed by atoms with van der Waals surface area (Å²) in [5.41, 5.74) is 7.31. The fraction of sp³-hybridized carbons (Fsp3) is 0.0238. The summed E-state index contributed by atoms with van der Waals surface area (Å²) in [4.78, 5) is 15.0. The van der Waals surface area contributed by atoms with Crippen LogP contribution in [0.15, 0.2) is 158 Å². The summed E-state index contributed by atoms with van der Waals surface area (Å²) in [7, 11) is 0. The SMILES string of the molecule is c1ccc(-c2ccc(-c3nc(-c4ccccc4)nc(-c4ccc5ccc6ccc7c(c6c5c4)[OH+]C(c4ccccc4)N7)n3)cc2)cc1. The molecule has 5 nitrogen and oxygen atoms in total. The number of aliphatic hydroxyl groups is 1. The third-order valence-corrected chi connectivity index (χ3v) is 8.82. The molecule has 0 saturated carbocycles. The summed E-state index contributed by atoms with van der Waals surface area (Å²) in [6.07, 6.45) is -0.122. The highest BCUT2D eigenvalue weighted by molar-refractivity contribution is 6.13. The van der Waals surface area contributed by atoms with Crippen molar-refractivity contribution < 1.29 is 4.74 Å². The lowest BCUT2D eigenvalue weighted by Gasteiger charge is -2.11. The van der Waals surface area contributed by atoms with E-state index in [4.69, 9.17) is 19.7 Å². The number of fused-ring (bicyclic) bond motifs is 5. The Morgan fingerprint density at radius 2 is 0.936 bits per heavy atom. The summed E-state index contributed by atoms with van der Waals surface area (Å²) in [5.74, 6) is 2.89. The van der Waals surface area contributed by atoms with E-state index in [0.29, 0.717) is 17.5 Å². The zero-order valence-corrected chi connectivity index (χ0v) is 25.4. The largest absolute Gasteiger partial charge is 0.560 e. The molecule has 1 unspecified atom stereocenters. The first kappa shape index (κ1) is 27.0. The van der Waals surface area contributed by atoms with Gasteiger partial charge in [0.15, 0.2) is 17.5 Å². The van der Waals surface area contributed by atoms with Gasteiger partial charge in [-0.2, -0.15) is 0 Å². The molecule has 0 amide bonds. The molecular formula is C42H29N4O+. The van der Waals surface area contributed by atoms with Gasteiger partial charge in [-0.05, 0) is 51.6 Å². The molecule has 1 atom stereocenters. The number of aromatic nitrogens is 3. The van der Waals surface area contributed by atoms with Gasteiger partial charge in [-0.1, -0.05) is 133 Å². The maximum absolute atomic E-state index is 5.19. The first-order valence-corrected chi connectivity index (χ1v) is 15.8. The Labute approximate surface area is 272 Å². The van der Waals surface area contributed by atoms with Crippen molar-refractivity contribution in [2.75, 3.05) is 5.32 Å². The summed E-state index contributed by atoms with van der Waals surface area (Å²) in [6.45, 7) is 0. The monoisotopic (exact) mass is 605 g/mol. The molecule has 0 spiro atoms. The summed E-state index contributed by atoms with van der Waals surface area (Å²) < 4.78 is 5.19. The van der Waals surface area contributed by atoms with Crippen molar-refractivity contribution in [2.45, 2.75) is 6.23 Å². The highest BCUT2D eigenvalue weighted by atomic mass is 16.5. The van der Waals surface area contributed by atoms with E-state index < -0.39 is 0 Å². The molecule has 0 bridgehead atoms. The van der Waals surface area contributed by atoms with Gasteiger partial charge < -0.3 is 4.74 Å². The minimum absolute atomic E-state index is 0.122. The number of nitrogens with zero attached hydrogens (tertiary/aromatic N) is 3. The van der Waals surface area contributed by atoms with Crippen molar-refractivity contribution in [1.82, 2.24) is 15.0 Å². The first-order chi connectivity index (χ1) is 23.3. The van der Waals surface area contributed by atoms with Crippen molar-refractivity contribution >= 4 is 27.2 Å². The average molecular weight is 606 g/mol. The van der Waals surface area contributed by atoms with E-state index in [-0.39, 0.29) is 6.23 Å². The van der Waals surface area contributed by atoms with E-state index in [1.54, 1.807) is 0 Å². The van der Waals surface area contributed by atoms with Crippen LogP contribution in [0.2, 0.25) is 0 Å². The van der Waals surface area contributed by atoms with Crippen molar-refractivity contribution in [3.8, 4) is 51.0 Å². The smallest absolute Gasteiger partial charge is 0.289 e. The van der Waals surface area contributed by atoms with Gasteiger partial charge in [-0.3, -0.25) is 5.32 Å². The van der Waals surface area contributed by atoms with E-state index in [1.165, 1.54) is 5.56 Å². The normalized spacial score (nSPS) is 13.7. The van der Waals surface area contributed by atoms with E-state index in [1.807, 2.05) is 42.5 Å². The predicted molar refractivity (Wildman–Crippen MR) is 191 cm³/mol. The van der Waals surface area contributed by atoms with Gasteiger partial charge in [0.2, 0.25) is 0 Å². The third kappa shape index (κ3) is 4.95. The first-order valence-electron chi connectivity index (χ1n) is 15.8. The van der Waals surface area contributed by atoms with Crippen LogP contribution in [0.1, 0.15) is 11.8 Å². The van der Waals surface area contributed by atoms with Gasteiger partial charge in [-0.25, -0.2) is 15.0 Å². The van der Waals surface area contributed by atoms with Gasteiger partial charge in [0.25, 0.3) is 12.0 Å². The van der Waals surface area contributed by atoms with Crippen LogP contribution in [0.5, 0.6) is 5.75 Å². The number of aromatic hydroxyl groups is 1. The van der Waals surface area contributed by atoms with Crippen molar-refractivity contribution in [3.63, 3.8) is 0 Å². The number of benzene rings is 7. The molecule has 2 N–H and O–H groups in total. The second-order valence-electron chi connectivity index (χ2n) is 11.8. The number of hydrogen-bond acceptors (Lipinski definition) is 4. The van der Waals surface area contributed by atoms with Crippen LogP contribution in [0, 0.1) is 0 Å². The number of rotatable bonds is 5. The fourth-order valence-electron chi connectivity index (χ4n) is 6.41. The maximum atomic E-state index is 5.19. The van der Waals surface area contributed by atoms with Crippen LogP contribution < -0.4 is 5.32 Å². The standard InChI is InChI=1S/C42H28N4O/c1-4-10-27(11-5-1)28-16-21-32(22-17-28)40-44-39(31-12-6-2-7-13-31)45-41(46-40)34-23-19-29-18-20-30-24-25-36-38(37(30)35(29)26-34)47-42(43-36)33-14-8-3-9-15-33/h1-26,42-43H/p+1. The number of hydrogen-bond donors (Lipinski definition) is 1. The molecule has 0 saturated heterocycles. The topological polar surface area (TPSA) is 63.5 Å². The molecule has 222 valence electrons. The Morgan fingerprint density at radius 3 is 1.64 bits per heavy atom. The van der Waals surface area contributed by atoms with E-state index >= 15 is 0 Å². The Bertz CT molecular complexity index is 2390.